The molecule has 0 saturated carbocycles. The predicted molar refractivity (Wildman–Crippen MR) is 542 cm³/mol. The monoisotopic (exact) mass is 1850 g/mol. The zero-order valence-corrected chi connectivity index (χ0v) is 77.6. The second-order valence-electron chi connectivity index (χ2n) is 30.8. The molecule has 0 amide bonds. The third kappa shape index (κ3) is 26.0. The van der Waals surface area contributed by atoms with E-state index in [4.69, 9.17) is 37.9 Å². The molecule has 135 heavy (non-hydrogen) atoms. The molecule has 0 fully saturated rings. The van der Waals surface area contributed by atoms with E-state index in [1.54, 1.807) is 24.3 Å². The normalized spacial score (nSPS) is 11.7. The molecule has 1 aliphatic carbocycles. The van der Waals surface area contributed by atoms with Gasteiger partial charge in [0.2, 0.25) is 0 Å². The SMILES string of the molecule is O=C(OCCOc1ccc([S+](c2ccccc2)c2ccccc2)cc1)C1CCc2ccccc21.O=C(OCCOc1ccc([S+](c2ccccc2)c2ccccc2)cc1)c1ccc2ccccc2c1.O=C(OCCOc1ccc([S+](c2ccccc2)c2ccccc2)cc1)c1cccc2ccccc12.O=C(OCCOc1ccc([S+](c2ccccc2)c2ccccc2)cc1)c1ccccc1. The van der Waals surface area contributed by atoms with Gasteiger partial charge in [-0.1, -0.05) is 255 Å². The first-order chi connectivity index (χ1) is 66.7. The number of ether oxygens (including phenoxy) is 8. The highest BCUT2D eigenvalue weighted by Crippen LogP contribution is 2.39. The Morgan fingerprint density at radius 2 is 0.504 bits per heavy atom. The van der Waals surface area contributed by atoms with Gasteiger partial charge in [-0.3, -0.25) is 4.79 Å². The zero-order valence-electron chi connectivity index (χ0n) is 74.3. The van der Waals surface area contributed by atoms with E-state index in [0.717, 1.165) is 62.9 Å². The predicted octanol–water partition coefficient (Wildman–Crippen LogP) is 26.8. The van der Waals surface area contributed by atoms with Gasteiger partial charge in [-0.15, -0.1) is 0 Å². The summed E-state index contributed by atoms with van der Waals surface area (Å²) in [6, 6.07) is 161. The van der Waals surface area contributed by atoms with Crippen LogP contribution in [0.25, 0.3) is 21.5 Å². The average molecular weight is 1850 g/mol. The Kier molecular flexibility index (Phi) is 33.8. The lowest BCUT2D eigenvalue weighted by atomic mass is 10.0. The van der Waals surface area contributed by atoms with Gasteiger partial charge in [-0.05, 0) is 270 Å². The van der Waals surface area contributed by atoms with Crippen LogP contribution in [0.4, 0.5) is 0 Å². The van der Waals surface area contributed by atoms with Crippen LogP contribution in [0, 0.1) is 0 Å². The fourth-order valence-electron chi connectivity index (χ4n) is 15.4. The van der Waals surface area contributed by atoms with Crippen LogP contribution in [0.15, 0.2) is 538 Å². The fourth-order valence-corrected chi connectivity index (χ4v) is 23.7. The standard InChI is InChI=1S/2C31H25O3S.C30H27O3S.C27H23O3S/c32-31(30-17-9-11-24-10-7-8-16-29(24)30)34-23-22-33-25-18-20-28(21-19-25)35(26-12-3-1-4-13-26)27-14-5-2-6-15-27;32-31(26-16-15-24-9-7-8-10-25(24)23-26)34-22-21-33-27-17-19-30(20-18-27)35(28-11-3-1-4-12-28)29-13-5-2-6-14-29;31-30(29-20-15-23-9-7-8-14-28(23)29)33-22-21-32-24-16-18-27(19-17-24)34(25-10-3-1-4-11-25)26-12-5-2-6-13-26;28-27(22-10-4-1-5-11-22)30-21-20-29-23-16-18-26(19-17-23)31(24-12-6-2-7-13-24)25-14-8-3-9-15-25/h1-21H,22-23H2;1-20,23H,21-22H2;1-14,16-19,29H,15,20-22H2;1-19H,20-21H2/q4*+1. The molecule has 0 saturated heterocycles. The number of carbonyl (C=O) groups is 4. The Morgan fingerprint density at radius 1 is 0.222 bits per heavy atom. The summed E-state index contributed by atoms with van der Waals surface area (Å²) in [5, 5.41) is 4.02. The summed E-state index contributed by atoms with van der Waals surface area (Å²) in [6.45, 7) is 2.05. The number of aryl methyl sites for hydroxylation is 1. The van der Waals surface area contributed by atoms with E-state index in [9.17, 15) is 19.2 Å². The first kappa shape index (κ1) is 93.2. The van der Waals surface area contributed by atoms with E-state index in [2.05, 4.69) is 249 Å². The molecule has 0 heterocycles. The number of hydrogen-bond acceptors (Lipinski definition) is 12. The summed E-state index contributed by atoms with van der Waals surface area (Å²) in [5.41, 5.74) is 4.02. The van der Waals surface area contributed by atoms with Gasteiger partial charge < -0.3 is 37.9 Å². The summed E-state index contributed by atoms with van der Waals surface area (Å²) in [6.07, 6.45) is 1.76. The molecule has 0 spiro atoms. The zero-order chi connectivity index (χ0) is 92.2. The van der Waals surface area contributed by atoms with E-state index in [1.807, 2.05) is 206 Å². The van der Waals surface area contributed by atoms with Crippen LogP contribution >= 0.6 is 0 Å². The lowest BCUT2D eigenvalue weighted by Crippen LogP contribution is -2.17. The van der Waals surface area contributed by atoms with Gasteiger partial charge in [0.05, 0.1) is 66.2 Å². The maximum Gasteiger partial charge on any atom is 0.338 e. The van der Waals surface area contributed by atoms with Crippen molar-refractivity contribution in [3.05, 3.63) is 507 Å². The highest BCUT2D eigenvalue weighted by atomic mass is 32.2. The molecule has 12 nitrogen and oxygen atoms in total. The molecule has 0 bridgehead atoms. The molecule has 0 N–H and O–H groups in total. The van der Waals surface area contributed by atoms with E-state index >= 15 is 0 Å². The van der Waals surface area contributed by atoms with Gasteiger partial charge in [0.15, 0.2) is 58.7 Å². The number of rotatable bonds is 32. The van der Waals surface area contributed by atoms with Crippen molar-refractivity contribution in [2.24, 2.45) is 0 Å². The summed E-state index contributed by atoms with van der Waals surface area (Å²) in [4.78, 5) is 64.6. The number of benzene rings is 18. The van der Waals surface area contributed by atoms with Crippen LogP contribution < -0.4 is 18.9 Å². The fraction of sp³-hybridized carbons (Fsp3) is 0.0924. The highest BCUT2D eigenvalue weighted by molar-refractivity contribution is 7.98. The van der Waals surface area contributed by atoms with Gasteiger partial charge in [0.25, 0.3) is 0 Å². The molecule has 1 aliphatic rings. The molecule has 0 radical (unpaired) electrons. The van der Waals surface area contributed by atoms with Crippen molar-refractivity contribution in [2.45, 2.75) is 77.5 Å². The lowest BCUT2D eigenvalue weighted by Gasteiger charge is -2.12. The van der Waals surface area contributed by atoms with Gasteiger partial charge in [-0.2, -0.15) is 0 Å². The van der Waals surface area contributed by atoms with Crippen molar-refractivity contribution in [3.63, 3.8) is 0 Å². The average Bonchev–Trinajstić information content (AvgIpc) is 1.61. The van der Waals surface area contributed by atoms with Crippen molar-refractivity contribution in [1.29, 1.82) is 0 Å². The van der Waals surface area contributed by atoms with Crippen molar-refractivity contribution >= 4 is 89.0 Å². The lowest BCUT2D eigenvalue weighted by molar-refractivity contribution is -0.146. The number of carbonyl (C=O) groups excluding carboxylic acids is 4. The minimum Gasteiger partial charge on any atom is -0.490 e. The van der Waals surface area contributed by atoms with E-state index in [1.165, 1.54) is 64.3 Å². The van der Waals surface area contributed by atoms with Crippen LogP contribution in [-0.4, -0.2) is 76.7 Å². The van der Waals surface area contributed by atoms with Crippen molar-refractivity contribution in [2.75, 3.05) is 52.9 Å². The van der Waals surface area contributed by atoms with E-state index in [0.29, 0.717) is 43.1 Å². The smallest absolute Gasteiger partial charge is 0.338 e. The number of esters is 4. The van der Waals surface area contributed by atoms with E-state index < -0.39 is 0 Å². The molecule has 1 unspecified atom stereocenters. The quantitative estimate of drug-likeness (QED) is 0.0171. The Morgan fingerprint density at radius 3 is 0.874 bits per heavy atom. The van der Waals surface area contributed by atoms with Gasteiger partial charge in [0, 0.05) is 0 Å². The molecular weight excluding hydrogens is 1750 g/mol. The van der Waals surface area contributed by atoms with E-state index in [-0.39, 0.29) is 99.8 Å². The first-order valence-corrected chi connectivity index (χ1v) is 49.6. The van der Waals surface area contributed by atoms with Crippen molar-refractivity contribution in [3.8, 4) is 23.0 Å². The van der Waals surface area contributed by atoms with Crippen LogP contribution in [0.2, 0.25) is 0 Å². The van der Waals surface area contributed by atoms with Crippen LogP contribution in [0.1, 0.15) is 54.5 Å². The second-order valence-corrected chi connectivity index (χ2v) is 38.9. The first-order valence-electron chi connectivity index (χ1n) is 44.7. The van der Waals surface area contributed by atoms with Gasteiger partial charge in [-0.25, -0.2) is 14.4 Å². The minimum absolute atomic E-state index is 0.149. The van der Waals surface area contributed by atoms with Crippen molar-refractivity contribution < 1.29 is 57.1 Å². The molecule has 1 atom stereocenters. The molecule has 18 aromatic carbocycles. The van der Waals surface area contributed by atoms with Crippen LogP contribution in [0.5, 0.6) is 23.0 Å². The van der Waals surface area contributed by atoms with Gasteiger partial charge in [0.1, 0.15) is 75.9 Å². The molecule has 16 heteroatoms. The number of fused-ring (bicyclic) bond motifs is 3. The summed E-state index contributed by atoms with van der Waals surface area (Å²) in [5.74, 6) is 1.71. The van der Waals surface area contributed by atoms with Crippen LogP contribution in [-0.2, 0) is 73.7 Å². The molecule has 0 aromatic heterocycles. The number of hydrogen-bond donors (Lipinski definition) is 0. The second kappa shape index (κ2) is 48.9. The minimum atomic E-state index is -0.343. The Bertz CT molecular complexity index is 6580. The van der Waals surface area contributed by atoms with Gasteiger partial charge >= 0.3 is 23.9 Å². The largest absolute Gasteiger partial charge is 0.490 e. The Hall–Kier alpha value is -15.0. The Labute approximate surface area is 800 Å². The summed E-state index contributed by atoms with van der Waals surface area (Å²) < 4.78 is 45.0. The maximum atomic E-state index is 12.6. The topological polar surface area (TPSA) is 142 Å². The highest BCUT2D eigenvalue weighted by Gasteiger charge is 2.34. The third-order valence-electron chi connectivity index (χ3n) is 21.8. The van der Waals surface area contributed by atoms with Crippen molar-refractivity contribution in [1.82, 2.24) is 0 Å². The molecule has 19 rings (SSSR count). The molecular formula is C119H100O12S4+4. The third-order valence-corrected chi connectivity index (χ3v) is 30.8. The molecule has 668 valence electrons. The van der Waals surface area contributed by atoms with Crippen LogP contribution in [0.3, 0.4) is 0 Å². The molecule has 18 aromatic rings. The summed E-state index contributed by atoms with van der Waals surface area (Å²) >= 11 is 0. The Balaban J connectivity index is 0.000000131. The molecule has 0 aliphatic heterocycles. The maximum absolute atomic E-state index is 12.6. The summed E-state index contributed by atoms with van der Waals surface area (Å²) in [7, 11) is -0.751.